The maximum atomic E-state index is 13.8. The molecule has 1 aromatic heterocycles. The highest BCUT2D eigenvalue weighted by molar-refractivity contribution is 5.80. The third-order valence-corrected chi connectivity index (χ3v) is 4.38. The largest absolute Gasteiger partial charge is 0.377 e. The molecule has 1 unspecified atom stereocenters. The molecule has 0 aliphatic carbocycles. The molecule has 0 saturated heterocycles. The molecule has 28 heavy (non-hydrogen) atoms. The number of aromatic nitrogens is 3. The lowest BCUT2D eigenvalue weighted by atomic mass is 10.1. The summed E-state index contributed by atoms with van der Waals surface area (Å²) in [6, 6.07) is 0.117. The minimum absolute atomic E-state index is 0.0604. The van der Waals surface area contributed by atoms with E-state index in [0.29, 0.717) is 25.4 Å². The highest BCUT2D eigenvalue weighted by atomic mass is 19.2. The van der Waals surface area contributed by atoms with E-state index in [9.17, 15) is 17.6 Å². The second-order valence-electron chi connectivity index (χ2n) is 6.31. The van der Waals surface area contributed by atoms with Crippen LogP contribution in [-0.2, 0) is 30.9 Å². The van der Waals surface area contributed by atoms with Gasteiger partial charge < -0.3 is 15.4 Å². The molecule has 1 aliphatic rings. The Balaban J connectivity index is 1.63. The third-order valence-electron chi connectivity index (χ3n) is 4.38. The van der Waals surface area contributed by atoms with Crippen LogP contribution < -0.4 is 10.6 Å². The van der Waals surface area contributed by atoms with E-state index < -0.39 is 35.4 Å². The lowest BCUT2D eigenvalue weighted by Crippen LogP contribution is -2.47. The molecule has 11 heteroatoms. The van der Waals surface area contributed by atoms with Gasteiger partial charge in [-0.1, -0.05) is 0 Å². The van der Waals surface area contributed by atoms with Gasteiger partial charge in [0.25, 0.3) is 0 Å². The maximum absolute atomic E-state index is 13.8. The van der Waals surface area contributed by atoms with Crippen molar-refractivity contribution >= 4 is 5.96 Å². The number of aliphatic imine (C=N–C) groups is 1. The van der Waals surface area contributed by atoms with Crippen LogP contribution in [0.3, 0.4) is 0 Å². The van der Waals surface area contributed by atoms with E-state index in [4.69, 9.17) is 4.74 Å². The molecule has 0 amide bonds. The third kappa shape index (κ3) is 4.24. The molecule has 2 aromatic rings. The zero-order valence-electron chi connectivity index (χ0n) is 15.4. The van der Waals surface area contributed by atoms with Crippen LogP contribution in [0.25, 0.3) is 0 Å². The monoisotopic (exact) mass is 400 g/mol. The average molecular weight is 400 g/mol. The van der Waals surface area contributed by atoms with E-state index >= 15 is 0 Å². The van der Waals surface area contributed by atoms with Crippen molar-refractivity contribution in [3.05, 3.63) is 46.5 Å². The second-order valence-corrected chi connectivity index (χ2v) is 6.31. The van der Waals surface area contributed by atoms with Crippen LogP contribution in [0.2, 0.25) is 0 Å². The molecule has 152 valence electrons. The molecule has 0 bridgehead atoms. The van der Waals surface area contributed by atoms with Gasteiger partial charge in [0.1, 0.15) is 12.4 Å². The molecule has 0 radical (unpaired) electrons. The van der Waals surface area contributed by atoms with E-state index in [2.05, 4.69) is 25.7 Å². The van der Waals surface area contributed by atoms with Gasteiger partial charge in [0.15, 0.2) is 35.1 Å². The SMILES string of the molecule is CN=C(NCc1c(F)c(F)cc(F)c1F)NC1CCc2nc(COC)nn2C1. The van der Waals surface area contributed by atoms with Gasteiger partial charge in [-0.2, -0.15) is 5.10 Å². The number of nitrogens with zero attached hydrogens (tertiary/aromatic N) is 4. The Bertz CT molecular complexity index is 859. The van der Waals surface area contributed by atoms with Gasteiger partial charge in [0, 0.05) is 44.8 Å². The molecule has 0 fully saturated rings. The molecule has 3 rings (SSSR count). The first-order chi connectivity index (χ1) is 13.4. The Hall–Kier alpha value is -2.69. The van der Waals surface area contributed by atoms with Crippen LogP contribution in [0.4, 0.5) is 17.6 Å². The van der Waals surface area contributed by atoms with Crippen LogP contribution in [-0.4, -0.2) is 40.9 Å². The van der Waals surface area contributed by atoms with Crippen molar-refractivity contribution in [2.45, 2.75) is 38.6 Å². The number of guanidine groups is 1. The normalized spacial score (nSPS) is 16.8. The molecular weight excluding hydrogens is 380 g/mol. The Morgan fingerprint density at radius 1 is 1.29 bits per heavy atom. The molecule has 2 N–H and O–H groups in total. The lowest BCUT2D eigenvalue weighted by Gasteiger charge is -2.25. The Labute approximate surface area is 158 Å². The molecule has 7 nitrogen and oxygen atoms in total. The van der Waals surface area contributed by atoms with Crippen molar-refractivity contribution in [1.82, 2.24) is 25.4 Å². The topological polar surface area (TPSA) is 76.4 Å². The van der Waals surface area contributed by atoms with Gasteiger partial charge in [-0.05, 0) is 6.42 Å². The van der Waals surface area contributed by atoms with Gasteiger partial charge in [0.05, 0.1) is 6.54 Å². The van der Waals surface area contributed by atoms with Gasteiger partial charge in [-0.3, -0.25) is 4.99 Å². The summed E-state index contributed by atoms with van der Waals surface area (Å²) in [7, 11) is 3.05. The fourth-order valence-electron chi connectivity index (χ4n) is 3.01. The molecule has 0 saturated carbocycles. The minimum atomic E-state index is -1.45. The predicted molar refractivity (Wildman–Crippen MR) is 92.5 cm³/mol. The van der Waals surface area contributed by atoms with Crippen LogP contribution in [0.1, 0.15) is 23.6 Å². The highest BCUT2D eigenvalue weighted by Gasteiger charge is 2.23. The molecule has 2 heterocycles. The summed E-state index contributed by atoms with van der Waals surface area (Å²) in [5.74, 6) is -4.07. The first-order valence-corrected chi connectivity index (χ1v) is 8.63. The summed E-state index contributed by atoms with van der Waals surface area (Å²) in [5, 5.41) is 10.1. The number of hydrogen-bond acceptors (Lipinski definition) is 4. The fourth-order valence-corrected chi connectivity index (χ4v) is 3.01. The number of halogens is 4. The molecular formula is C17H20F4N6O. The summed E-state index contributed by atoms with van der Waals surface area (Å²) >= 11 is 0. The van der Waals surface area contributed by atoms with E-state index in [1.54, 1.807) is 11.8 Å². The van der Waals surface area contributed by atoms with E-state index in [1.807, 2.05) is 0 Å². The van der Waals surface area contributed by atoms with Crippen LogP contribution >= 0.6 is 0 Å². The first kappa shape index (κ1) is 20.1. The number of rotatable bonds is 5. The Morgan fingerprint density at radius 2 is 2.00 bits per heavy atom. The van der Waals surface area contributed by atoms with Crippen molar-refractivity contribution in [1.29, 1.82) is 0 Å². The summed E-state index contributed by atoms with van der Waals surface area (Å²) in [5.41, 5.74) is -0.730. The fraction of sp³-hybridized carbons (Fsp3) is 0.471. The van der Waals surface area contributed by atoms with Crippen molar-refractivity contribution in [2.75, 3.05) is 14.2 Å². The van der Waals surface area contributed by atoms with Gasteiger partial charge in [-0.25, -0.2) is 27.2 Å². The zero-order valence-corrected chi connectivity index (χ0v) is 15.4. The summed E-state index contributed by atoms with van der Waals surface area (Å²) in [6.07, 6.45) is 1.42. The number of aryl methyl sites for hydroxylation is 1. The predicted octanol–water partition coefficient (Wildman–Crippen LogP) is 1.66. The molecule has 0 spiro atoms. The van der Waals surface area contributed by atoms with Crippen molar-refractivity contribution < 1.29 is 22.3 Å². The van der Waals surface area contributed by atoms with Crippen LogP contribution in [0.5, 0.6) is 0 Å². The lowest BCUT2D eigenvalue weighted by molar-refractivity contribution is 0.177. The van der Waals surface area contributed by atoms with Crippen LogP contribution in [0, 0.1) is 23.3 Å². The van der Waals surface area contributed by atoms with E-state index in [-0.39, 0.29) is 18.1 Å². The quantitative estimate of drug-likeness (QED) is 0.346. The van der Waals surface area contributed by atoms with Gasteiger partial charge in [-0.15, -0.1) is 0 Å². The summed E-state index contributed by atoms with van der Waals surface area (Å²) in [6.45, 7) is 0.373. The second kappa shape index (κ2) is 8.55. The number of hydrogen-bond donors (Lipinski definition) is 2. The standard InChI is InChI=1S/C17H20F4N6O/c1-22-17(23-6-10-15(20)11(18)5-12(19)16(10)21)24-9-3-4-14-25-13(8-28-2)26-27(14)7-9/h5,9H,3-4,6-8H2,1-2H3,(H2,22,23,24). The Kier molecular flexibility index (Phi) is 6.12. The number of fused-ring (bicyclic) bond motifs is 1. The molecule has 1 atom stereocenters. The molecule has 1 aliphatic heterocycles. The van der Waals surface area contributed by atoms with Crippen LogP contribution in [0.15, 0.2) is 11.1 Å². The first-order valence-electron chi connectivity index (χ1n) is 8.63. The van der Waals surface area contributed by atoms with Gasteiger partial charge in [0.2, 0.25) is 0 Å². The average Bonchev–Trinajstić information content (AvgIpc) is 3.07. The maximum Gasteiger partial charge on any atom is 0.191 e. The summed E-state index contributed by atoms with van der Waals surface area (Å²) in [4.78, 5) is 8.37. The van der Waals surface area contributed by atoms with Gasteiger partial charge >= 0.3 is 0 Å². The smallest absolute Gasteiger partial charge is 0.191 e. The highest BCUT2D eigenvalue weighted by Crippen LogP contribution is 2.19. The van der Waals surface area contributed by atoms with Crippen molar-refractivity contribution in [3.63, 3.8) is 0 Å². The minimum Gasteiger partial charge on any atom is -0.377 e. The van der Waals surface area contributed by atoms with E-state index in [0.717, 1.165) is 12.2 Å². The van der Waals surface area contributed by atoms with Crippen molar-refractivity contribution in [3.8, 4) is 0 Å². The Morgan fingerprint density at radius 3 is 2.64 bits per heavy atom. The van der Waals surface area contributed by atoms with E-state index in [1.165, 1.54) is 7.05 Å². The summed E-state index contributed by atoms with van der Waals surface area (Å²) < 4.78 is 61.0. The number of methoxy groups -OCH3 is 1. The number of ether oxygens (including phenoxy) is 1. The number of benzene rings is 1. The number of nitrogens with one attached hydrogen (secondary N) is 2. The zero-order chi connectivity index (χ0) is 20.3. The van der Waals surface area contributed by atoms with Crippen molar-refractivity contribution in [2.24, 2.45) is 4.99 Å². The molecule has 1 aromatic carbocycles.